The van der Waals surface area contributed by atoms with Crippen LogP contribution in [0.4, 0.5) is 23.1 Å². The zero-order chi connectivity index (χ0) is 17.1. The standard InChI is InChI=1S/C16H20N6O2/c1-20(2)10-8-18-16-17-7-5-15(19-16)21-9-6-12-11-13(22(23)24)3-4-14(12)21/h3-5,7,11H,6,8-10H2,1-2H3,(H,17,18,19). The molecule has 0 unspecified atom stereocenters. The van der Waals surface area contributed by atoms with Gasteiger partial charge in [-0.2, -0.15) is 4.98 Å². The molecule has 126 valence electrons. The molecule has 8 heteroatoms. The molecule has 0 radical (unpaired) electrons. The highest BCUT2D eigenvalue weighted by molar-refractivity contribution is 5.69. The molecule has 0 fully saturated rings. The SMILES string of the molecule is CN(C)CCNc1nccc(N2CCc3cc([N+](=O)[O-])ccc32)n1. The van der Waals surface area contributed by atoms with Gasteiger partial charge in [0.1, 0.15) is 5.82 Å². The van der Waals surface area contributed by atoms with E-state index in [-0.39, 0.29) is 10.6 Å². The third-order valence-corrected chi connectivity index (χ3v) is 3.93. The van der Waals surface area contributed by atoms with E-state index in [4.69, 9.17) is 0 Å². The molecule has 24 heavy (non-hydrogen) atoms. The quantitative estimate of drug-likeness (QED) is 0.641. The van der Waals surface area contributed by atoms with Crippen LogP contribution in [0.2, 0.25) is 0 Å². The van der Waals surface area contributed by atoms with Crippen molar-refractivity contribution in [2.45, 2.75) is 6.42 Å². The highest BCUT2D eigenvalue weighted by Gasteiger charge is 2.23. The number of rotatable bonds is 6. The average Bonchev–Trinajstić information content (AvgIpc) is 2.98. The van der Waals surface area contributed by atoms with Gasteiger partial charge in [0.25, 0.3) is 5.69 Å². The van der Waals surface area contributed by atoms with Crippen molar-refractivity contribution >= 4 is 23.1 Å². The summed E-state index contributed by atoms with van der Waals surface area (Å²) in [5.74, 6) is 1.38. The van der Waals surface area contributed by atoms with Gasteiger partial charge in [-0.25, -0.2) is 4.98 Å². The molecule has 0 saturated heterocycles. The molecule has 2 aromatic rings. The van der Waals surface area contributed by atoms with Crippen molar-refractivity contribution in [3.05, 3.63) is 46.1 Å². The van der Waals surface area contributed by atoms with Crippen molar-refractivity contribution in [3.8, 4) is 0 Å². The van der Waals surface area contributed by atoms with Crippen molar-refractivity contribution in [3.63, 3.8) is 0 Å². The molecule has 0 amide bonds. The Morgan fingerprint density at radius 3 is 2.96 bits per heavy atom. The third-order valence-electron chi connectivity index (χ3n) is 3.93. The maximum Gasteiger partial charge on any atom is 0.269 e. The van der Waals surface area contributed by atoms with Gasteiger partial charge >= 0.3 is 0 Å². The summed E-state index contributed by atoms with van der Waals surface area (Å²) in [5, 5.41) is 14.1. The van der Waals surface area contributed by atoms with Crippen LogP contribution in [0.25, 0.3) is 0 Å². The van der Waals surface area contributed by atoms with E-state index in [9.17, 15) is 10.1 Å². The van der Waals surface area contributed by atoms with Crippen molar-refractivity contribution in [2.24, 2.45) is 0 Å². The Hall–Kier alpha value is -2.74. The summed E-state index contributed by atoms with van der Waals surface area (Å²) in [6.07, 6.45) is 2.49. The minimum absolute atomic E-state index is 0.129. The lowest BCUT2D eigenvalue weighted by Gasteiger charge is -2.19. The van der Waals surface area contributed by atoms with Crippen molar-refractivity contribution < 1.29 is 4.92 Å². The predicted molar refractivity (Wildman–Crippen MR) is 92.9 cm³/mol. The number of benzene rings is 1. The molecular weight excluding hydrogens is 308 g/mol. The van der Waals surface area contributed by atoms with E-state index in [2.05, 4.69) is 25.1 Å². The molecule has 8 nitrogen and oxygen atoms in total. The zero-order valence-electron chi connectivity index (χ0n) is 13.8. The normalized spacial score (nSPS) is 13.2. The second-order valence-corrected chi connectivity index (χ2v) is 5.94. The van der Waals surface area contributed by atoms with Crippen molar-refractivity contribution in [1.82, 2.24) is 14.9 Å². The third kappa shape index (κ3) is 3.43. The van der Waals surface area contributed by atoms with Gasteiger partial charge in [-0.3, -0.25) is 10.1 Å². The number of fused-ring (bicyclic) bond motifs is 1. The van der Waals surface area contributed by atoms with Gasteiger partial charge in [0.2, 0.25) is 5.95 Å². The first kappa shape index (κ1) is 16.1. The summed E-state index contributed by atoms with van der Waals surface area (Å²) < 4.78 is 0. The fourth-order valence-electron chi connectivity index (χ4n) is 2.72. The van der Waals surface area contributed by atoms with E-state index in [1.54, 1.807) is 18.3 Å². The maximum atomic E-state index is 10.9. The molecule has 0 spiro atoms. The summed E-state index contributed by atoms with van der Waals surface area (Å²) in [6.45, 7) is 2.41. The van der Waals surface area contributed by atoms with E-state index in [0.717, 1.165) is 43.1 Å². The summed E-state index contributed by atoms with van der Waals surface area (Å²) in [7, 11) is 4.03. The first-order chi connectivity index (χ1) is 11.5. The Balaban J connectivity index is 1.78. The van der Waals surface area contributed by atoms with Gasteiger partial charge in [-0.05, 0) is 38.2 Å². The number of anilines is 3. The average molecular weight is 328 g/mol. The molecular formula is C16H20N6O2. The number of nitrogens with one attached hydrogen (secondary N) is 1. The molecule has 0 bridgehead atoms. The molecule has 1 aromatic carbocycles. The lowest BCUT2D eigenvalue weighted by molar-refractivity contribution is -0.384. The zero-order valence-corrected chi connectivity index (χ0v) is 13.8. The second-order valence-electron chi connectivity index (χ2n) is 5.94. The number of nitrogens with zero attached hydrogens (tertiary/aromatic N) is 5. The first-order valence-electron chi connectivity index (χ1n) is 7.81. The minimum Gasteiger partial charge on any atom is -0.353 e. The van der Waals surface area contributed by atoms with Gasteiger partial charge in [0, 0.05) is 43.7 Å². The monoisotopic (exact) mass is 328 g/mol. The van der Waals surface area contributed by atoms with E-state index in [1.807, 2.05) is 20.2 Å². The van der Waals surface area contributed by atoms with Gasteiger partial charge in [0.15, 0.2) is 0 Å². The molecule has 1 aromatic heterocycles. The van der Waals surface area contributed by atoms with Gasteiger partial charge in [-0.15, -0.1) is 0 Å². The Labute approximate surface area is 140 Å². The van der Waals surface area contributed by atoms with Crippen molar-refractivity contribution in [2.75, 3.05) is 43.9 Å². The Morgan fingerprint density at radius 2 is 2.21 bits per heavy atom. The molecule has 1 aliphatic rings. The molecule has 3 rings (SSSR count). The van der Waals surface area contributed by atoms with E-state index >= 15 is 0 Å². The van der Waals surface area contributed by atoms with Crippen LogP contribution in [0.15, 0.2) is 30.5 Å². The molecule has 0 saturated carbocycles. The van der Waals surface area contributed by atoms with Crippen LogP contribution < -0.4 is 10.2 Å². The Bertz CT molecular complexity index is 749. The van der Waals surface area contributed by atoms with E-state index in [0.29, 0.717) is 5.95 Å². The predicted octanol–water partition coefficient (Wildman–Crippen LogP) is 2.05. The van der Waals surface area contributed by atoms with Crippen molar-refractivity contribution in [1.29, 1.82) is 0 Å². The molecule has 1 aliphatic heterocycles. The van der Waals surface area contributed by atoms with Crippen LogP contribution in [0.5, 0.6) is 0 Å². The highest BCUT2D eigenvalue weighted by Crippen LogP contribution is 2.35. The number of non-ortho nitro benzene ring substituents is 1. The number of nitro benzene ring substituents is 1. The van der Waals surface area contributed by atoms with Crippen LogP contribution in [-0.2, 0) is 6.42 Å². The fraction of sp³-hybridized carbons (Fsp3) is 0.375. The summed E-state index contributed by atoms with van der Waals surface area (Å²) in [4.78, 5) is 23.5. The van der Waals surface area contributed by atoms with Gasteiger partial charge in [0.05, 0.1) is 4.92 Å². The number of hydrogen-bond donors (Lipinski definition) is 1. The number of likely N-dealkylation sites (N-methyl/N-ethyl adjacent to an activating group) is 1. The van der Waals surface area contributed by atoms with Gasteiger partial charge < -0.3 is 15.1 Å². The number of nitro groups is 1. The van der Waals surface area contributed by atoms with Crippen LogP contribution in [0, 0.1) is 10.1 Å². The van der Waals surface area contributed by atoms with Crippen LogP contribution >= 0.6 is 0 Å². The summed E-state index contributed by atoms with van der Waals surface area (Å²) >= 11 is 0. The highest BCUT2D eigenvalue weighted by atomic mass is 16.6. The lowest BCUT2D eigenvalue weighted by atomic mass is 10.1. The number of hydrogen-bond acceptors (Lipinski definition) is 7. The first-order valence-corrected chi connectivity index (χ1v) is 7.81. The van der Waals surface area contributed by atoms with Crippen LogP contribution in [0.1, 0.15) is 5.56 Å². The minimum atomic E-state index is -0.361. The molecule has 0 aliphatic carbocycles. The summed E-state index contributed by atoms with van der Waals surface area (Å²) in [5.41, 5.74) is 2.08. The second kappa shape index (κ2) is 6.79. The Kier molecular flexibility index (Phi) is 4.57. The van der Waals surface area contributed by atoms with E-state index < -0.39 is 0 Å². The van der Waals surface area contributed by atoms with Gasteiger partial charge in [-0.1, -0.05) is 0 Å². The largest absolute Gasteiger partial charge is 0.353 e. The lowest BCUT2D eigenvalue weighted by Crippen LogP contribution is -2.22. The molecule has 2 heterocycles. The van der Waals surface area contributed by atoms with Crippen LogP contribution in [0.3, 0.4) is 0 Å². The van der Waals surface area contributed by atoms with E-state index in [1.165, 1.54) is 6.07 Å². The molecule has 0 atom stereocenters. The fourth-order valence-corrected chi connectivity index (χ4v) is 2.72. The number of aromatic nitrogens is 2. The summed E-state index contributed by atoms with van der Waals surface area (Å²) in [6, 6.07) is 6.83. The topological polar surface area (TPSA) is 87.4 Å². The maximum absolute atomic E-state index is 10.9. The Morgan fingerprint density at radius 1 is 1.38 bits per heavy atom. The van der Waals surface area contributed by atoms with Crippen LogP contribution in [-0.4, -0.2) is 53.5 Å². The smallest absolute Gasteiger partial charge is 0.269 e. The molecule has 1 N–H and O–H groups in total.